The molecule has 28 heavy (non-hydrogen) atoms. The first-order valence-corrected chi connectivity index (χ1v) is 9.88. The van der Waals surface area contributed by atoms with Gasteiger partial charge < -0.3 is 9.30 Å². The van der Waals surface area contributed by atoms with Gasteiger partial charge in [-0.2, -0.15) is 0 Å². The van der Waals surface area contributed by atoms with Gasteiger partial charge in [0, 0.05) is 16.6 Å². The quantitative estimate of drug-likeness (QED) is 0.524. The molecule has 2 aromatic carbocycles. The lowest BCUT2D eigenvalue weighted by Gasteiger charge is -2.32. The topological polar surface area (TPSA) is 43.3 Å². The molecule has 0 radical (unpaired) electrons. The highest BCUT2D eigenvalue weighted by molar-refractivity contribution is 6.30. The molecular formula is C23H27ClN2O2. The maximum atomic E-state index is 12.2. The van der Waals surface area contributed by atoms with Crippen LogP contribution in [0.3, 0.4) is 0 Å². The van der Waals surface area contributed by atoms with Crippen LogP contribution in [0, 0.1) is 0 Å². The molecule has 0 spiro atoms. The molecule has 0 aliphatic carbocycles. The van der Waals surface area contributed by atoms with Crippen molar-refractivity contribution in [3.63, 3.8) is 0 Å². The first kappa shape index (κ1) is 20.3. The summed E-state index contributed by atoms with van der Waals surface area (Å²) in [5.41, 5.74) is 2.19. The van der Waals surface area contributed by atoms with Crippen LogP contribution in [0.4, 0.5) is 10.5 Å². The molecule has 0 bridgehead atoms. The summed E-state index contributed by atoms with van der Waals surface area (Å²) in [7, 11) is 0. The fourth-order valence-electron chi connectivity index (χ4n) is 3.44. The van der Waals surface area contributed by atoms with Crippen LogP contribution in [0.5, 0.6) is 0 Å². The zero-order valence-corrected chi connectivity index (χ0v) is 17.8. The van der Waals surface area contributed by atoms with Crippen molar-refractivity contribution in [1.29, 1.82) is 0 Å². The number of ether oxygens (including phenoxy) is 1. The van der Waals surface area contributed by atoms with Gasteiger partial charge in [-0.25, -0.2) is 4.79 Å². The number of aromatic nitrogens is 1. The molecule has 1 atom stereocenters. The summed E-state index contributed by atoms with van der Waals surface area (Å²) in [6.07, 6.45) is 2.52. The minimum Gasteiger partial charge on any atom is -0.444 e. The number of rotatable bonds is 4. The largest absolute Gasteiger partial charge is 0.444 e. The average molecular weight is 399 g/mol. The Kier molecular flexibility index (Phi) is 5.44. The van der Waals surface area contributed by atoms with E-state index in [-0.39, 0.29) is 5.54 Å². The van der Waals surface area contributed by atoms with E-state index in [1.165, 1.54) is 5.56 Å². The van der Waals surface area contributed by atoms with Crippen molar-refractivity contribution in [1.82, 2.24) is 4.57 Å². The van der Waals surface area contributed by atoms with Gasteiger partial charge in [-0.15, -0.1) is 0 Å². The number of carbonyl (C=O) groups is 1. The molecule has 0 saturated heterocycles. The standard InChI is InChI=1S/C23H27ClN2O2/c1-6-23(5,16-10-12-17(24)13-11-16)26-15-14-18-19(8-7-9-20(18)26)25-21(27)28-22(2,3)4/h7-15H,6H2,1-5H3,(H,25,27). The minimum absolute atomic E-state index is 0.239. The van der Waals surface area contributed by atoms with Gasteiger partial charge in [-0.3, -0.25) is 5.32 Å². The molecule has 0 fully saturated rings. The number of fused-ring (bicyclic) bond motifs is 1. The van der Waals surface area contributed by atoms with Crippen molar-refractivity contribution in [2.75, 3.05) is 5.32 Å². The second kappa shape index (κ2) is 7.51. The predicted octanol–water partition coefficient (Wildman–Crippen LogP) is 6.82. The fourth-order valence-corrected chi connectivity index (χ4v) is 3.57. The number of halogens is 1. The molecular weight excluding hydrogens is 372 g/mol. The molecule has 3 rings (SSSR count). The number of nitrogens with zero attached hydrogens (tertiary/aromatic N) is 1. The van der Waals surface area contributed by atoms with E-state index < -0.39 is 11.7 Å². The van der Waals surface area contributed by atoms with Crippen LogP contribution in [0.1, 0.15) is 46.6 Å². The SMILES string of the molecule is CCC(C)(c1ccc(Cl)cc1)n1ccc2c(NC(=O)OC(C)(C)C)cccc21. The third-order valence-electron chi connectivity index (χ3n) is 5.05. The first-order chi connectivity index (χ1) is 13.1. The monoisotopic (exact) mass is 398 g/mol. The molecule has 1 amide bonds. The Morgan fingerprint density at radius 1 is 1.07 bits per heavy atom. The lowest BCUT2D eigenvalue weighted by atomic mass is 9.89. The van der Waals surface area contributed by atoms with Crippen LogP contribution >= 0.6 is 11.6 Å². The number of hydrogen-bond acceptors (Lipinski definition) is 2. The molecule has 3 aromatic rings. The van der Waals surface area contributed by atoms with Crippen LogP contribution in [0.2, 0.25) is 5.02 Å². The summed E-state index contributed by atoms with van der Waals surface area (Å²) in [4.78, 5) is 12.2. The second-order valence-electron chi connectivity index (χ2n) is 8.19. The van der Waals surface area contributed by atoms with E-state index in [9.17, 15) is 4.79 Å². The summed E-state index contributed by atoms with van der Waals surface area (Å²) in [6, 6.07) is 15.9. The fraction of sp³-hybridized carbons (Fsp3) is 0.348. The van der Waals surface area contributed by atoms with Crippen molar-refractivity contribution in [3.8, 4) is 0 Å². The zero-order chi connectivity index (χ0) is 20.5. The molecule has 1 heterocycles. The van der Waals surface area contributed by atoms with Crippen molar-refractivity contribution in [2.24, 2.45) is 0 Å². The van der Waals surface area contributed by atoms with E-state index in [0.717, 1.165) is 28.0 Å². The van der Waals surface area contributed by atoms with Gasteiger partial charge in [-0.05, 0) is 70.0 Å². The van der Waals surface area contributed by atoms with E-state index in [2.05, 4.69) is 48.1 Å². The van der Waals surface area contributed by atoms with E-state index in [1.54, 1.807) is 0 Å². The highest BCUT2D eigenvalue weighted by Gasteiger charge is 2.28. The maximum absolute atomic E-state index is 12.2. The van der Waals surface area contributed by atoms with Gasteiger partial charge in [0.25, 0.3) is 0 Å². The van der Waals surface area contributed by atoms with Crippen LogP contribution < -0.4 is 5.32 Å². The average Bonchev–Trinajstić information content (AvgIpc) is 3.06. The molecule has 1 aromatic heterocycles. The highest BCUT2D eigenvalue weighted by Crippen LogP contribution is 2.36. The lowest BCUT2D eigenvalue weighted by molar-refractivity contribution is 0.0636. The normalized spacial score (nSPS) is 13.9. The molecule has 4 nitrogen and oxygen atoms in total. The Bertz CT molecular complexity index is 986. The minimum atomic E-state index is -0.542. The van der Waals surface area contributed by atoms with E-state index >= 15 is 0 Å². The molecule has 148 valence electrons. The van der Waals surface area contributed by atoms with Gasteiger partial charge in [0.1, 0.15) is 5.60 Å². The Morgan fingerprint density at radius 2 is 1.75 bits per heavy atom. The number of amides is 1. The summed E-state index contributed by atoms with van der Waals surface area (Å²) in [5.74, 6) is 0. The van der Waals surface area contributed by atoms with Gasteiger partial charge in [0.15, 0.2) is 0 Å². The summed E-state index contributed by atoms with van der Waals surface area (Å²) in [6.45, 7) is 9.93. The van der Waals surface area contributed by atoms with Crippen LogP contribution in [0.15, 0.2) is 54.7 Å². The van der Waals surface area contributed by atoms with Crippen molar-refractivity contribution >= 4 is 34.3 Å². The number of benzene rings is 2. The third kappa shape index (κ3) is 4.02. The van der Waals surface area contributed by atoms with E-state index in [4.69, 9.17) is 16.3 Å². The first-order valence-electron chi connectivity index (χ1n) is 9.50. The highest BCUT2D eigenvalue weighted by atomic mass is 35.5. The Labute approximate surface area is 171 Å². The van der Waals surface area contributed by atoms with Crippen molar-refractivity contribution < 1.29 is 9.53 Å². The third-order valence-corrected chi connectivity index (χ3v) is 5.31. The Morgan fingerprint density at radius 3 is 2.36 bits per heavy atom. The van der Waals surface area contributed by atoms with Gasteiger partial charge in [0.05, 0.1) is 16.7 Å². The Balaban J connectivity index is 2.02. The van der Waals surface area contributed by atoms with Crippen molar-refractivity contribution in [3.05, 3.63) is 65.3 Å². The predicted molar refractivity (Wildman–Crippen MR) is 116 cm³/mol. The van der Waals surface area contributed by atoms with Crippen LogP contribution in [0.25, 0.3) is 10.9 Å². The van der Waals surface area contributed by atoms with Crippen molar-refractivity contribution in [2.45, 2.75) is 52.2 Å². The molecule has 1 N–H and O–H groups in total. The number of hydrogen-bond donors (Lipinski definition) is 1. The van der Waals surface area contributed by atoms with Gasteiger partial charge in [0.2, 0.25) is 0 Å². The van der Waals surface area contributed by atoms with Crippen LogP contribution in [-0.4, -0.2) is 16.3 Å². The number of anilines is 1. The molecule has 0 aliphatic heterocycles. The molecule has 5 heteroatoms. The molecule has 1 unspecified atom stereocenters. The maximum Gasteiger partial charge on any atom is 0.412 e. The van der Waals surface area contributed by atoms with Gasteiger partial charge >= 0.3 is 6.09 Å². The zero-order valence-electron chi connectivity index (χ0n) is 17.0. The summed E-state index contributed by atoms with van der Waals surface area (Å²) < 4.78 is 7.65. The molecule has 0 saturated carbocycles. The summed E-state index contributed by atoms with van der Waals surface area (Å²) >= 11 is 6.08. The number of carbonyl (C=O) groups excluding carboxylic acids is 1. The lowest BCUT2D eigenvalue weighted by Crippen LogP contribution is -2.30. The van der Waals surface area contributed by atoms with Gasteiger partial charge in [-0.1, -0.05) is 36.7 Å². The number of nitrogens with one attached hydrogen (secondary N) is 1. The van der Waals surface area contributed by atoms with Crippen LogP contribution in [-0.2, 0) is 10.3 Å². The van der Waals surface area contributed by atoms with E-state index in [1.807, 2.05) is 51.1 Å². The second-order valence-corrected chi connectivity index (χ2v) is 8.62. The smallest absolute Gasteiger partial charge is 0.412 e. The Hall–Kier alpha value is -2.46. The summed E-state index contributed by atoms with van der Waals surface area (Å²) in [5, 5.41) is 4.58. The molecule has 0 aliphatic rings. The van der Waals surface area contributed by atoms with E-state index in [0.29, 0.717) is 0 Å².